The number of rotatable bonds is 2. The summed E-state index contributed by atoms with van der Waals surface area (Å²) in [5.74, 6) is 0.772. The molecule has 1 aromatic heterocycles. The van der Waals surface area contributed by atoms with Gasteiger partial charge in [-0.05, 0) is 6.07 Å². The van der Waals surface area contributed by atoms with E-state index >= 15 is 0 Å². The number of hydrogen-bond donors (Lipinski definition) is 2. The van der Waals surface area contributed by atoms with Gasteiger partial charge in [-0.25, -0.2) is 0 Å². The van der Waals surface area contributed by atoms with E-state index in [-0.39, 0.29) is 0 Å². The van der Waals surface area contributed by atoms with Crippen LogP contribution >= 0.6 is 0 Å². The summed E-state index contributed by atoms with van der Waals surface area (Å²) in [4.78, 5) is 0. The van der Waals surface area contributed by atoms with Crippen molar-refractivity contribution in [3.63, 3.8) is 0 Å². The lowest BCUT2D eigenvalue weighted by atomic mass is 10.2. The van der Waals surface area contributed by atoms with Gasteiger partial charge in [0, 0.05) is 11.9 Å². The smallest absolute Gasteiger partial charge is 0.146 e. The Hall–Kier alpha value is -1.55. The molecule has 0 aliphatic carbocycles. The monoisotopic (exact) mass is 177 g/mol. The highest BCUT2D eigenvalue weighted by atomic mass is 16.5. The van der Waals surface area contributed by atoms with E-state index in [1.54, 1.807) is 7.11 Å². The number of benzene rings is 1. The minimum Gasteiger partial charge on any atom is -0.494 e. The van der Waals surface area contributed by atoms with Crippen molar-refractivity contribution in [3.05, 3.63) is 23.9 Å². The number of hydrogen-bond acceptors (Lipinski definition) is 3. The fraction of sp³-hybridized carbons (Fsp3) is 0.222. The van der Waals surface area contributed by atoms with Crippen LogP contribution in [0, 0.1) is 0 Å². The summed E-state index contributed by atoms with van der Waals surface area (Å²) in [6.07, 6.45) is 0. The largest absolute Gasteiger partial charge is 0.494 e. The third-order valence-electron chi connectivity index (χ3n) is 2.05. The summed E-state index contributed by atoms with van der Waals surface area (Å²) in [5, 5.41) is 8.04. The van der Waals surface area contributed by atoms with Gasteiger partial charge in [0.15, 0.2) is 0 Å². The quantitative estimate of drug-likeness (QED) is 0.720. The molecule has 68 valence electrons. The number of nitrogens with one attached hydrogen (secondary N) is 1. The molecule has 0 radical (unpaired) electrons. The number of nitrogens with two attached hydrogens (primary N) is 1. The Bertz CT molecular complexity index is 422. The highest BCUT2D eigenvalue weighted by Gasteiger charge is 2.07. The lowest BCUT2D eigenvalue weighted by Gasteiger charge is -1.98. The summed E-state index contributed by atoms with van der Waals surface area (Å²) < 4.78 is 5.16. The van der Waals surface area contributed by atoms with Crippen molar-refractivity contribution in [2.75, 3.05) is 7.11 Å². The number of nitrogens with zero attached hydrogens (tertiary/aromatic N) is 1. The molecule has 13 heavy (non-hydrogen) atoms. The molecule has 0 spiro atoms. The van der Waals surface area contributed by atoms with Gasteiger partial charge in [0.25, 0.3) is 0 Å². The molecule has 0 saturated heterocycles. The first kappa shape index (κ1) is 8.07. The highest BCUT2D eigenvalue weighted by molar-refractivity contribution is 5.86. The zero-order valence-corrected chi connectivity index (χ0v) is 7.37. The minimum atomic E-state index is 0.462. The summed E-state index contributed by atoms with van der Waals surface area (Å²) in [6, 6.07) is 5.78. The number of methoxy groups -OCH3 is 1. The van der Waals surface area contributed by atoms with E-state index in [1.165, 1.54) is 0 Å². The maximum absolute atomic E-state index is 5.54. The van der Waals surface area contributed by atoms with Crippen molar-refractivity contribution in [1.29, 1.82) is 0 Å². The number of H-pyrrole nitrogens is 1. The molecule has 0 saturated carbocycles. The van der Waals surface area contributed by atoms with Gasteiger partial charge in [-0.2, -0.15) is 5.10 Å². The van der Waals surface area contributed by atoms with Crippen LogP contribution in [0.2, 0.25) is 0 Å². The van der Waals surface area contributed by atoms with Crippen LogP contribution in [-0.2, 0) is 6.54 Å². The Morgan fingerprint density at radius 2 is 2.38 bits per heavy atom. The van der Waals surface area contributed by atoms with Gasteiger partial charge >= 0.3 is 0 Å². The minimum absolute atomic E-state index is 0.462. The van der Waals surface area contributed by atoms with Crippen LogP contribution in [0.5, 0.6) is 5.75 Å². The van der Waals surface area contributed by atoms with Crippen LogP contribution in [0.25, 0.3) is 10.9 Å². The van der Waals surface area contributed by atoms with Crippen molar-refractivity contribution in [2.45, 2.75) is 6.54 Å². The van der Waals surface area contributed by atoms with Crippen molar-refractivity contribution in [3.8, 4) is 5.75 Å². The zero-order valence-electron chi connectivity index (χ0n) is 7.37. The van der Waals surface area contributed by atoms with Crippen molar-refractivity contribution >= 4 is 10.9 Å². The van der Waals surface area contributed by atoms with Gasteiger partial charge < -0.3 is 10.5 Å². The van der Waals surface area contributed by atoms with Crippen LogP contribution in [-0.4, -0.2) is 17.3 Å². The van der Waals surface area contributed by atoms with E-state index in [0.717, 1.165) is 22.3 Å². The Morgan fingerprint density at radius 3 is 3.08 bits per heavy atom. The molecule has 2 aromatic rings. The number of ether oxygens (including phenoxy) is 1. The van der Waals surface area contributed by atoms with E-state index in [1.807, 2.05) is 18.2 Å². The van der Waals surface area contributed by atoms with Gasteiger partial charge in [0.05, 0.1) is 12.8 Å². The SMILES string of the molecule is COc1cccc2c(CN)[nH]nc12. The van der Waals surface area contributed by atoms with Gasteiger partial charge in [0.2, 0.25) is 0 Å². The molecule has 1 heterocycles. The molecule has 1 aromatic carbocycles. The van der Waals surface area contributed by atoms with Crippen molar-refractivity contribution in [2.24, 2.45) is 5.73 Å². The fourth-order valence-electron chi connectivity index (χ4n) is 1.39. The molecule has 0 bridgehead atoms. The lowest BCUT2D eigenvalue weighted by molar-refractivity contribution is 0.419. The standard InChI is InChI=1S/C9H11N3O/c1-13-8-4-2-3-6-7(5-10)11-12-9(6)8/h2-4H,5,10H2,1H3,(H,11,12). The van der Waals surface area contributed by atoms with Gasteiger partial charge in [0.1, 0.15) is 11.3 Å². The third kappa shape index (κ3) is 1.15. The van der Waals surface area contributed by atoms with E-state index in [4.69, 9.17) is 10.5 Å². The maximum atomic E-state index is 5.54. The molecule has 0 aliphatic heterocycles. The number of fused-ring (bicyclic) bond motifs is 1. The molecule has 0 atom stereocenters. The Kier molecular flexibility index (Phi) is 1.90. The Labute approximate surface area is 75.7 Å². The van der Waals surface area contributed by atoms with E-state index in [2.05, 4.69) is 10.2 Å². The van der Waals surface area contributed by atoms with Gasteiger partial charge in [-0.15, -0.1) is 0 Å². The molecule has 4 heteroatoms. The molecule has 3 N–H and O–H groups in total. The summed E-state index contributed by atoms with van der Waals surface area (Å²) in [7, 11) is 1.63. The average Bonchev–Trinajstić information content (AvgIpc) is 2.60. The summed E-state index contributed by atoms with van der Waals surface area (Å²) in [6.45, 7) is 0.462. The van der Waals surface area contributed by atoms with Crippen LogP contribution < -0.4 is 10.5 Å². The Balaban J connectivity index is 2.72. The van der Waals surface area contributed by atoms with Crippen LogP contribution in [0.1, 0.15) is 5.69 Å². The summed E-state index contributed by atoms with van der Waals surface area (Å²) in [5.41, 5.74) is 7.32. The van der Waals surface area contributed by atoms with Gasteiger partial charge in [-0.3, -0.25) is 5.10 Å². The molecule has 4 nitrogen and oxygen atoms in total. The third-order valence-corrected chi connectivity index (χ3v) is 2.05. The first-order valence-electron chi connectivity index (χ1n) is 4.07. The second-order valence-electron chi connectivity index (χ2n) is 2.76. The first-order chi connectivity index (χ1) is 6.36. The number of aromatic nitrogens is 2. The normalized spacial score (nSPS) is 10.6. The summed E-state index contributed by atoms with van der Waals surface area (Å²) >= 11 is 0. The van der Waals surface area contributed by atoms with Crippen LogP contribution in [0.4, 0.5) is 0 Å². The molecule has 0 amide bonds. The Morgan fingerprint density at radius 1 is 1.54 bits per heavy atom. The number of aromatic amines is 1. The molecule has 0 unspecified atom stereocenters. The molecule has 0 fully saturated rings. The molecule has 0 aliphatic rings. The fourth-order valence-corrected chi connectivity index (χ4v) is 1.39. The second kappa shape index (κ2) is 3.06. The maximum Gasteiger partial charge on any atom is 0.146 e. The van der Waals surface area contributed by atoms with Crippen molar-refractivity contribution < 1.29 is 4.74 Å². The zero-order chi connectivity index (χ0) is 9.26. The first-order valence-corrected chi connectivity index (χ1v) is 4.07. The average molecular weight is 177 g/mol. The second-order valence-corrected chi connectivity index (χ2v) is 2.76. The predicted octanol–water partition coefficient (Wildman–Crippen LogP) is 1.03. The molecule has 2 rings (SSSR count). The van der Waals surface area contributed by atoms with Crippen molar-refractivity contribution in [1.82, 2.24) is 10.2 Å². The lowest BCUT2D eigenvalue weighted by Crippen LogP contribution is -1.96. The number of para-hydroxylation sites is 1. The van der Waals surface area contributed by atoms with E-state index < -0.39 is 0 Å². The van der Waals surface area contributed by atoms with E-state index in [0.29, 0.717) is 6.54 Å². The van der Waals surface area contributed by atoms with E-state index in [9.17, 15) is 0 Å². The topological polar surface area (TPSA) is 63.9 Å². The van der Waals surface area contributed by atoms with Gasteiger partial charge in [-0.1, -0.05) is 12.1 Å². The van der Waals surface area contributed by atoms with Crippen LogP contribution in [0.15, 0.2) is 18.2 Å². The molecular weight excluding hydrogens is 166 g/mol. The van der Waals surface area contributed by atoms with Crippen LogP contribution in [0.3, 0.4) is 0 Å². The molecular formula is C9H11N3O. The highest BCUT2D eigenvalue weighted by Crippen LogP contribution is 2.24. The predicted molar refractivity (Wildman–Crippen MR) is 50.5 cm³/mol.